The smallest absolute Gasteiger partial charge is 0.272 e. The number of nitrogens with one attached hydrogen (secondary N) is 1. The van der Waals surface area contributed by atoms with Crippen LogP contribution in [0.25, 0.3) is 0 Å². The van der Waals surface area contributed by atoms with Crippen LogP contribution in [0.2, 0.25) is 0 Å². The molecular formula is C16H21N5O2. The molecule has 1 aliphatic heterocycles. The Kier molecular flexibility index (Phi) is 3.25. The summed E-state index contributed by atoms with van der Waals surface area (Å²) in [5.74, 6) is 1.81. The first kappa shape index (κ1) is 14.4. The monoisotopic (exact) mass is 315 g/mol. The van der Waals surface area contributed by atoms with Crippen molar-refractivity contribution in [3.8, 4) is 0 Å². The number of nitrogens with zero attached hydrogens (tertiary/aromatic N) is 4. The molecule has 1 saturated carbocycles. The van der Waals surface area contributed by atoms with Crippen LogP contribution < -0.4 is 0 Å². The van der Waals surface area contributed by atoms with E-state index in [4.69, 9.17) is 4.42 Å². The molecule has 0 spiro atoms. The van der Waals surface area contributed by atoms with Crippen molar-refractivity contribution in [3.63, 3.8) is 0 Å². The number of amides is 1. The Labute approximate surface area is 134 Å². The molecule has 7 heteroatoms. The Morgan fingerprint density at radius 2 is 2.39 bits per heavy atom. The lowest BCUT2D eigenvalue weighted by atomic mass is 9.80. The van der Waals surface area contributed by atoms with E-state index in [1.54, 1.807) is 6.20 Å². The zero-order valence-electron chi connectivity index (χ0n) is 13.5. The Hall–Kier alpha value is -2.18. The minimum atomic E-state index is -0.163. The number of fused-ring (bicyclic) bond motifs is 1. The van der Waals surface area contributed by atoms with Gasteiger partial charge in [0, 0.05) is 19.5 Å². The molecule has 7 nitrogen and oxygen atoms in total. The summed E-state index contributed by atoms with van der Waals surface area (Å²) < 4.78 is 5.88. The fraction of sp³-hybridized carbons (Fsp3) is 0.625. The van der Waals surface area contributed by atoms with Crippen LogP contribution in [0.15, 0.2) is 10.6 Å². The maximum atomic E-state index is 12.8. The summed E-state index contributed by atoms with van der Waals surface area (Å²) in [7, 11) is 0. The van der Waals surface area contributed by atoms with Gasteiger partial charge in [0.15, 0.2) is 0 Å². The molecule has 4 rings (SSSR count). The Morgan fingerprint density at radius 3 is 3.09 bits per heavy atom. The first-order valence-electron chi connectivity index (χ1n) is 8.26. The molecule has 1 saturated heterocycles. The molecule has 122 valence electrons. The zero-order chi connectivity index (χ0) is 16.0. The molecular weight excluding hydrogens is 294 g/mol. The number of likely N-dealkylation sites (tertiary alicyclic amines) is 1. The van der Waals surface area contributed by atoms with Crippen molar-refractivity contribution in [2.45, 2.75) is 44.9 Å². The predicted octanol–water partition coefficient (Wildman–Crippen LogP) is 1.86. The highest BCUT2D eigenvalue weighted by Crippen LogP contribution is 2.50. The molecule has 3 heterocycles. The number of aromatic amines is 1. The molecule has 0 aromatic carbocycles. The molecule has 0 unspecified atom stereocenters. The number of rotatable bonds is 3. The van der Waals surface area contributed by atoms with Gasteiger partial charge in [0.1, 0.15) is 5.69 Å². The molecule has 2 aliphatic rings. The SMILES string of the molecule is CCc1nnc([C@]23CCC[C@H]2CN(C(=O)c2[nH]ncc2C)C3)o1. The van der Waals surface area contributed by atoms with E-state index < -0.39 is 0 Å². The van der Waals surface area contributed by atoms with E-state index in [0.29, 0.717) is 29.9 Å². The van der Waals surface area contributed by atoms with Gasteiger partial charge in [-0.3, -0.25) is 9.89 Å². The molecule has 2 atom stereocenters. The van der Waals surface area contributed by atoms with Crippen molar-refractivity contribution in [2.75, 3.05) is 13.1 Å². The molecule has 1 aliphatic carbocycles. The van der Waals surface area contributed by atoms with Crippen LogP contribution in [0.4, 0.5) is 0 Å². The van der Waals surface area contributed by atoms with Gasteiger partial charge in [-0.1, -0.05) is 13.3 Å². The minimum Gasteiger partial charge on any atom is -0.425 e. The number of H-pyrrole nitrogens is 1. The average molecular weight is 315 g/mol. The van der Waals surface area contributed by atoms with E-state index >= 15 is 0 Å². The van der Waals surface area contributed by atoms with Gasteiger partial charge in [0.25, 0.3) is 5.91 Å². The van der Waals surface area contributed by atoms with Crippen molar-refractivity contribution in [1.29, 1.82) is 0 Å². The fourth-order valence-electron chi connectivity index (χ4n) is 4.11. The maximum Gasteiger partial charge on any atom is 0.272 e. The molecule has 2 aromatic heterocycles. The van der Waals surface area contributed by atoms with Gasteiger partial charge in [-0.2, -0.15) is 5.10 Å². The standard InChI is InChI=1S/C16H21N5O2/c1-3-12-18-20-15(23-12)16-6-4-5-11(16)8-21(9-16)14(22)13-10(2)7-17-19-13/h7,11H,3-6,8-9H2,1-2H3,(H,17,19)/t11-,16-/m0/s1. The van der Waals surface area contributed by atoms with Gasteiger partial charge >= 0.3 is 0 Å². The third-order valence-corrected chi connectivity index (χ3v) is 5.40. The normalized spacial score (nSPS) is 26.7. The van der Waals surface area contributed by atoms with Crippen LogP contribution in [0.3, 0.4) is 0 Å². The van der Waals surface area contributed by atoms with Gasteiger partial charge in [0.2, 0.25) is 11.8 Å². The summed E-state index contributed by atoms with van der Waals surface area (Å²) in [5, 5.41) is 15.2. The summed E-state index contributed by atoms with van der Waals surface area (Å²) in [4.78, 5) is 14.7. The number of carbonyl (C=O) groups excluding carboxylic acids is 1. The largest absolute Gasteiger partial charge is 0.425 e. The van der Waals surface area contributed by atoms with Crippen molar-refractivity contribution < 1.29 is 9.21 Å². The van der Waals surface area contributed by atoms with E-state index in [-0.39, 0.29) is 11.3 Å². The lowest BCUT2D eigenvalue weighted by molar-refractivity contribution is 0.0769. The van der Waals surface area contributed by atoms with Gasteiger partial charge < -0.3 is 9.32 Å². The zero-order valence-corrected chi connectivity index (χ0v) is 13.5. The highest BCUT2D eigenvalue weighted by Gasteiger charge is 2.55. The molecule has 1 amide bonds. The second kappa shape index (κ2) is 5.18. The fourth-order valence-corrected chi connectivity index (χ4v) is 4.11. The van der Waals surface area contributed by atoms with Crippen LogP contribution >= 0.6 is 0 Å². The van der Waals surface area contributed by atoms with Crippen molar-refractivity contribution in [3.05, 3.63) is 29.2 Å². The molecule has 0 radical (unpaired) electrons. The lowest BCUT2D eigenvalue weighted by Gasteiger charge is -2.24. The van der Waals surface area contributed by atoms with E-state index in [1.807, 2.05) is 18.7 Å². The number of aryl methyl sites for hydroxylation is 2. The number of hydrogen-bond acceptors (Lipinski definition) is 5. The average Bonchev–Trinajstić information content (AvgIpc) is 3.28. The molecule has 2 aromatic rings. The topological polar surface area (TPSA) is 87.9 Å². The van der Waals surface area contributed by atoms with E-state index in [0.717, 1.165) is 37.8 Å². The highest BCUT2D eigenvalue weighted by atomic mass is 16.4. The number of carbonyl (C=O) groups is 1. The molecule has 23 heavy (non-hydrogen) atoms. The quantitative estimate of drug-likeness (QED) is 0.934. The highest BCUT2D eigenvalue weighted by molar-refractivity contribution is 5.93. The maximum absolute atomic E-state index is 12.8. The molecule has 0 bridgehead atoms. The van der Waals surface area contributed by atoms with Gasteiger partial charge in [-0.25, -0.2) is 0 Å². The van der Waals surface area contributed by atoms with Crippen LogP contribution in [0, 0.1) is 12.8 Å². The number of hydrogen-bond donors (Lipinski definition) is 1. The summed E-state index contributed by atoms with van der Waals surface area (Å²) in [6.45, 7) is 5.31. The van der Waals surface area contributed by atoms with Crippen molar-refractivity contribution in [1.82, 2.24) is 25.3 Å². The van der Waals surface area contributed by atoms with Crippen molar-refractivity contribution in [2.24, 2.45) is 5.92 Å². The van der Waals surface area contributed by atoms with Crippen LogP contribution in [0.5, 0.6) is 0 Å². The molecule has 2 fully saturated rings. The van der Waals surface area contributed by atoms with E-state index in [9.17, 15) is 4.79 Å². The van der Waals surface area contributed by atoms with Gasteiger partial charge in [-0.15, -0.1) is 10.2 Å². The van der Waals surface area contributed by atoms with E-state index in [2.05, 4.69) is 20.4 Å². The third kappa shape index (κ3) is 2.09. The van der Waals surface area contributed by atoms with Crippen LogP contribution in [-0.2, 0) is 11.8 Å². The van der Waals surface area contributed by atoms with Gasteiger partial charge in [0.05, 0.1) is 11.6 Å². The Balaban J connectivity index is 1.63. The van der Waals surface area contributed by atoms with Crippen LogP contribution in [-0.4, -0.2) is 44.3 Å². The molecule has 1 N–H and O–H groups in total. The summed E-state index contributed by atoms with van der Waals surface area (Å²) in [6, 6.07) is 0. The Bertz CT molecular complexity index is 736. The minimum absolute atomic E-state index is 0.0176. The van der Waals surface area contributed by atoms with Gasteiger partial charge in [-0.05, 0) is 31.2 Å². The summed E-state index contributed by atoms with van der Waals surface area (Å²) in [6.07, 6.45) is 5.69. The van der Waals surface area contributed by atoms with Crippen LogP contribution in [0.1, 0.15) is 54.0 Å². The number of aromatic nitrogens is 4. The summed E-state index contributed by atoms with van der Waals surface area (Å²) >= 11 is 0. The second-order valence-corrected chi connectivity index (χ2v) is 6.71. The summed E-state index contributed by atoms with van der Waals surface area (Å²) in [5.41, 5.74) is 1.30. The Morgan fingerprint density at radius 1 is 1.52 bits per heavy atom. The first-order valence-corrected chi connectivity index (χ1v) is 8.26. The van der Waals surface area contributed by atoms with E-state index in [1.165, 1.54) is 0 Å². The predicted molar refractivity (Wildman–Crippen MR) is 81.9 cm³/mol. The lowest BCUT2D eigenvalue weighted by Crippen LogP contribution is -2.35. The second-order valence-electron chi connectivity index (χ2n) is 6.71. The van der Waals surface area contributed by atoms with Crippen molar-refractivity contribution >= 4 is 5.91 Å². The third-order valence-electron chi connectivity index (χ3n) is 5.40. The first-order chi connectivity index (χ1) is 11.1.